The lowest BCUT2D eigenvalue weighted by Gasteiger charge is -2.41. The summed E-state index contributed by atoms with van der Waals surface area (Å²) < 4.78 is 0. The van der Waals surface area contributed by atoms with Gasteiger partial charge in [0.25, 0.3) is 0 Å². The highest BCUT2D eigenvalue weighted by atomic mass is 14.9. The molecule has 3 heteroatoms. The Balaban J connectivity index is 3.16. The number of allylic oxidation sites excluding steroid dienone is 1. The number of aliphatic imine (C=N–C) groups is 1. The third kappa shape index (κ3) is 3.24. The van der Waals surface area contributed by atoms with Gasteiger partial charge in [-0.15, -0.1) is 0 Å². The summed E-state index contributed by atoms with van der Waals surface area (Å²) in [6.45, 7) is 12.0. The van der Waals surface area contributed by atoms with Gasteiger partial charge in [-0.1, -0.05) is 32.9 Å². The normalized spacial score (nSPS) is 35.0. The number of rotatable bonds is 3. The summed E-state index contributed by atoms with van der Waals surface area (Å²) in [6, 6.07) is 4.73. The first-order chi connectivity index (χ1) is 8.86. The van der Waals surface area contributed by atoms with Gasteiger partial charge in [-0.25, -0.2) is 0 Å². The van der Waals surface area contributed by atoms with Crippen molar-refractivity contribution in [1.29, 1.82) is 10.5 Å². The highest BCUT2D eigenvalue weighted by Crippen LogP contribution is 2.44. The standard InChI is InChI=1S/C16H23N3/c1-11(2)9-19-16(10-18)7-14(12(3)4)6-15(8-17)13(16)5/h9,11,13-15H,3,6-7H2,1-2,4-5H3/t13-,14-,15+,16+/m1/s1. The molecule has 0 unspecified atom stereocenters. The fourth-order valence-electron chi connectivity index (χ4n) is 2.66. The Morgan fingerprint density at radius 3 is 2.53 bits per heavy atom. The summed E-state index contributed by atoms with van der Waals surface area (Å²) in [7, 11) is 0. The second-order valence-electron chi connectivity index (χ2n) is 6.07. The van der Waals surface area contributed by atoms with Crippen molar-refractivity contribution in [2.45, 2.75) is 46.1 Å². The third-order valence-electron chi connectivity index (χ3n) is 4.11. The molecule has 0 aliphatic heterocycles. The average Bonchev–Trinajstić information content (AvgIpc) is 2.37. The van der Waals surface area contributed by atoms with Crippen molar-refractivity contribution in [1.82, 2.24) is 0 Å². The summed E-state index contributed by atoms with van der Waals surface area (Å²) in [5.41, 5.74) is 0.276. The molecule has 0 saturated heterocycles. The molecule has 0 aromatic carbocycles. The van der Waals surface area contributed by atoms with Crippen LogP contribution in [0.25, 0.3) is 0 Å². The van der Waals surface area contributed by atoms with Crippen LogP contribution in [-0.4, -0.2) is 11.8 Å². The van der Waals surface area contributed by atoms with Crippen molar-refractivity contribution in [2.24, 2.45) is 28.7 Å². The lowest BCUT2D eigenvalue weighted by molar-refractivity contribution is 0.177. The van der Waals surface area contributed by atoms with Crippen LogP contribution in [0.15, 0.2) is 17.1 Å². The summed E-state index contributed by atoms with van der Waals surface area (Å²) in [6.07, 6.45) is 3.32. The number of nitriles is 2. The van der Waals surface area contributed by atoms with Crippen molar-refractivity contribution in [3.8, 4) is 12.1 Å². The lowest BCUT2D eigenvalue weighted by Crippen LogP contribution is -2.44. The largest absolute Gasteiger partial charge is 0.275 e. The van der Waals surface area contributed by atoms with E-state index < -0.39 is 5.54 Å². The van der Waals surface area contributed by atoms with Crippen LogP contribution >= 0.6 is 0 Å². The van der Waals surface area contributed by atoms with E-state index in [0.29, 0.717) is 12.3 Å². The van der Waals surface area contributed by atoms with Crippen molar-refractivity contribution in [2.75, 3.05) is 0 Å². The smallest absolute Gasteiger partial charge is 0.150 e. The Morgan fingerprint density at radius 1 is 1.47 bits per heavy atom. The molecule has 19 heavy (non-hydrogen) atoms. The van der Waals surface area contributed by atoms with E-state index in [0.717, 1.165) is 12.0 Å². The predicted octanol–water partition coefficient (Wildman–Crippen LogP) is 3.74. The van der Waals surface area contributed by atoms with E-state index in [1.165, 1.54) is 0 Å². The molecular formula is C16H23N3. The maximum absolute atomic E-state index is 9.63. The SMILES string of the molecule is C=C(C)[C@@H]1C[C@@H](C#N)[C@@H](C)[C@](C#N)(N=CC(C)C)C1. The van der Waals surface area contributed by atoms with E-state index in [1.54, 1.807) is 0 Å². The molecule has 1 fully saturated rings. The van der Waals surface area contributed by atoms with E-state index in [-0.39, 0.29) is 17.8 Å². The maximum Gasteiger partial charge on any atom is 0.150 e. The first-order valence-corrected chi connectivity index (χ1v) is 6.88. The van der Waals surface area contributed by atoms with E-state index >= 15 is 0 Å². The highest BCUT2D eigenvalue weighted by molar-refractivity contribution is 5.61. The minimum absolute atomic E-state index is 0.0342. The topological polar surface area (TPSA) is 59.9 Å². The Bertz CT molecular complexity index is 450. The van der Waals surface area contributed by atoms with Crippen molar-refractivity contribution >= 4 is 6.21 Å². The molecule has 102 valence electrons. The molecule has 0 aromatic heterocycles. The molecule has 4 atom stereocenters. The number of nitrogens with zero attached hydrogens (tertiary/aromatic N) is 3. The van der Waals surface area contributed by atoms with Crippen LogP contribution in [0.4, 0.5) is 0 Å². The van der Waals surface area contributed by atoms with Crippen molar-refractivity contribution in [3.63, 3.8) is 0 Å². The van der Waals surface area contributed by atoms with Gasteiger partial charge >= 0.3 is 0 Å². The van der Waals surface area contributed by atoms with E-state index in [9.17, 15) is 10.5 Å². The van der Waals surface area contributed by atoms with Gasteiger partial charge < -0.3 is 0 Å². The van der Waals surface area contributed by atoms with Crippen LogP contribution in [-0.2, 0) is 0 Å². The third-order valence-corrected chi connectivity index (χ3v) is 4.11. The Labute approximate surface area is 116 Å². The van der Waals surface area contributed by atoms with Crippen LogP contribution < -0.4 is 0 Å². The molecular weight excluding hydrogens is 234 g/mol. The molecule has 0 amide bonds. The second kappa shape index (κ2) is 6.02. The molecule has 1 saturated carbocycles. The Hall–Kier alpha value is -1.61. The van der Waals surface area contributed by atoms with E-state index in [1.807, 2.05) is 33.9 Å². The lowest BCUT2D eigenvalue weighted by atomic mass is 9.63. The molecule has 0 bridgehead atoms. The van der Waals surface area contributed by atoms with Gasteiger partial charge in [0.1, 0.15) is 0 Å². The molecule has 1 aliphatic rings. The maximum atomic E-state index is 9.63. The Morgan fingerprint density at radius 2 is 2.11 bits per heavy atom. The van der Waals surface area contributed by atoms with Gasteiger partial charge in [0.2, 0.25) is 0 Å². The van der Waals surface area contributed by atoms with Gasteiger partial charge in [0.15, 0.2) is 5.54 Å². The van der Waals surface area contributed by atoms with Crippen LogP contribution in [0.2, 0.25) is 0 Å². The van der Waals surface area contributed by atoms with E-state index in [2.05, 4.69) is 23.7 Å². The number of hydrogen-bond donors (Lipinski definition) is 0. The quantitative estimate of drug-likeness (QED) is 0.571. The summed E-state index contributed by atoms with van der Waals surface area (Å²) in [4.78, 5) is 4.57. The summed E-state index contributed by atoms with van der Waals surface area (Å²) >= 11 is 0. The average molecular weight is 257 g/mol. The minimum Gasteiger partial charge on any atom is -0.275 e. The molecule has 0 radical (unpaired) electrons. The zero-order chi connectivity index (χ0) is 14.6. The van der Waals surface area contributed by atoms with Crippen LogP contribution in [0.5, 0.6) is 0 Å². The number of hydrogen-bond acceptors (Lipinski definition) is 3. The van der Waals surface area contributed by atoms with Crippen LogP contribution in [0, 0.1) is 46.3 Å². The van der Waals surface area contributed by atoms with E-state index in [4.69, 9.17) is 0 Å². The monoisotopic (exact) mass is 257 g/mol. The van der Waals surface area contributed by atoms with Crippen molar-refractivity contribution in [3.05, 3.63) is 12.2 Å². The summed E-state index contributed by atoms with van der Waals surface area (Å²) in [5.74, 6) is 0.362. The molecule has 1 aliphatic carbocycles. The molecule has 1 rings (SSSR count). The molecule has 0 heterocycles. The first kappa shape index (κ1) is 15.4. The van der Waals surface area contributed by atoms with Crippen molar-refractivity contribution < 1.29 is 0 Å². The first-order valence-electron chi connectivity index (χ1n) is 6.88. The fraction of sp³-hybridized carbons (Fsp3) is 0.688. The van der Waals surface area contributed by atoms with Crippen LogP contribution in [0.3, 0.4) is 0 Å². The molecule has 3 nitrogen and oxygen atoms in total. The fourth-order valence-corrected chi connectivity index (χ4v) is 2.66. The van der Waals surface area contributed by atoms with Gasteiger partial charge in [0.05, 0.1) is 18.1 Å². The predicted molar refractivity (Wildman–Crippen MR) is 77.5 cm³/mol. The van der Waals surface area contributed by atoms with Gasteiger partial charge in [0, 0.05) is 12.1 Å². The molecule has 0 N–H and O–H groups in total. The summed E-state index contributed by atoms with van der Waals surface area (Å²) in [5, 5.41) is 19.0. The minimum atomic E-state index is -0.771. The Kier molecular flexibility index (Phi) is 4.90. The molecule has 0 spiro atoms. The van der Waals surface area contributed by atoms with Gasteiger partial charge in [-0.3, -0.25) is 4.99 Å². The van der Waals surface area contributed by atoms with Gasteiger partial charge in [-0.2, -0.15) is 10.5 Å². The highest BCUT2D eigenvalue weighted by Gasteiger charge is 2.47. The van der Waals surface area contributed by atoms with Gasteiger partial charge in [-0.05, 0) is 31.6 Å². The zero-order valence-corrected chi connectivity index (χ0v) is 12.3. The molecule has 0 aromatic rings. The van der Waals surface area contributed by atoms with Crippen LogP contribution in [0.1, 0.15) is 40.5 Å². The second-order valence-corrected chi connectivity index (χ2v) is 6.07. The zero-order valence-electron chi connectivity index (χ0n) is 12.3.